The molecule has 1 rings (SSSR count). The highest BCUT2D eigenvalue weighted by molar-refractivity contribution is 5.19. The van der Waals surface area contributed by atoms with Crippen molar-refractivity contribution in [1.29, 1.82) is 0 Å². The summed E-state index contributed by atoms with van der Waals surface area (Å²) in [4.78, 5) is 15.5. The minimum Gasteiger partial charge on any atom is -0.493 e. The Morgan fingerprint density at radius 3 is 2.55 bits per heavy atom. The molecule has 0 radical (unpaired) electrons. The molecule has 62 valence electrons. The Kier molecular flexibility index (Phi) is 2.03. The van der Waals surface area contributed by atoms with Crippen LogP contribution in [0.15, 0.2) is 4.79 Å². The van der Waals surface area contributed by atoms with Crippen molar-refractivity contribution >= 4 is 0 Å². The largest absolute Gasteiger partial charge is 0.493 e. The molecule has 0 fully saturated rings. The normalized spacial score (nSPS) is 13.3. The number of aromatic nitrogens is 2. The van der Waals surface area contributed by atoms with Crippen molar-refractivity contribution < 1.29 is 5.11 Å². The Labute approximate surface area is 64.3 Å². The van der Waals surface area contributed by atoms with E-state index in [1.54, 1.807) is 0 Å². The Morgan fingerprint density at radius 1 is 1.55 bits per heavy atom. The maximum atomic E-state index is 10.7. The van der Waals surface area contributed by atoms with E-state index in [4.69, 9.17) is 5.11 Å². The molecule has 4 nitrogen and oxygen atoms in total. The van der Waals surface area contributed by atoms with Crippen LogP contribution in [0.1, 0.15) is 31.9 Å². The van der Waals surface area contributed by atoms with Crippen molar-refractivity contribution in [2.24, 2.45) is 0 Å². The van der Waals surface area contributed by atoms with Gasteiger partial charge < -0.3 is 10.1 Å². The molecule has 0 spiro atoms. The summed E-state index contributed by atoms with van der Waals surface area (Å²) >= 11 is 0. The van der Waals surface area contributed by atoms with Gasteiger partial charge in [0, 0.05) is 5.92 Å². The van der Waals surface area contributed by atoms with Crippen molar-refractivity contribution in [3.05, 3.63) is 16.2 Å². The van der Waals surface area contributed by atoms with Crippen molar-refractivity contribution in [1.82, 2.24) is 9.97 Å². The van der Waals surface area contributed by atoms with Crippen molar-refractivity contribution in [2.75, 3.05) is 0 Å². The van der Waals surface area contributed by atoms with Crippen LogP contribution in [0, 0.1) is 0 Å². The minimum atomic E-state index is -0.349. The second-order valence-corrected chi connectivity index (χ2v) is 2.65. The summed E-state index contributed by atoms with van der Waals surface area (Å²) in [6.45, 7) is 3.94. The van der Waals surface area contributed by atoms with Crippen LogP contribution in [-0.2, 0) is 0 Å². The smallest absolute Gasteiger partial charge is 0.325 e. The zero-order chi connectivity index (χ0) is 8.43. The highest BCUT2D eigenvalue weighted by atomic mass is 16.3. The number of imidazole rings is 1. The molecule has 0 unspecified atom stereocenters. The van der Waals surface area contributed by atoms with Gasteiger partial charge in [0.05, 0.1) is 5.69 Å². The lowest BCUT2D eigenvalue weighted by molar-refractivity contribution is 0.442. The van der Waals surface area contributed by atoms with Crippen molar-refractivity contribution in [3.63, 3.8) is 0 Å². The Hall–Kier alpha value is -1.19. The van der Waals surface area contributed by atoms with E-state index in [0.29, 0.717) is 5.69 Å². The molecule has 0 saturated heterocycles. The van der Waals surface area contributed by atoms with Gasteiger partial charge in [0.1, 0.15) is 0 Å². The molecule has 1 heterocycles. The number of H-pyrrole nitrogens is 2. The highest BCUT2D eigenvalue weighted by Crippen LogP contribution is 2.21. The molecule has 1 aromatic heterocycles. The number of hydrogen-bond acceptors (Lipinski definition) is 2. The molecule has 0 saturated carbocycles. The Balaban J connectivity index is 3.02. The number of rotatable bonds is 2. The predicted molar refractivity (Wildman–Crippen MR) is 41.8 cm³/mol. The summed E-state index contributed by atoms with van der Waals surface area (Å²) in [5.41, 5.74) is 0.246. The predicted octanol–water partition coefficient (Wildman–Crippen LogP) is 0.922. The van der Waals surface area contributed by atoms with Gasteiger partial charge in [-0.1, -0.05) is 13.8 Å². The third-order valence-corrected chi connectivity index (χ3v) is 1.84. The van der Waals surface area contributed by atoms with E-state index in [0.717, 1.165) is 6.42 Å². The van der Waals surface area contributed by atoms with Gasteiger partial charge in [-0.2, -0.15) is 0 Å². The first-order valence-corrected chi connectivity index (χ1v) is 3.66. The lowest BCUT2D eigenvalue weighted by atomic mass is 10.1. The first-order valence-electron chi connectivity index (χ1n) is 3.66. The molecule has 0 amide bonds. The van der Waals surface area contributed by atoms with Crippen LogP contribution >= 0.6 is 0 Å². The van der Waals surface area contributed by atoms with E-state index in [-0.39, 0.29) is 17.5 Å². The maximum Gasteiger partial charge on any atom is 0.325 e. The quantitative estimate of drug-likeness (QED) is 0.596. The number of nitrogens with one attached hydrogen (secondary N) is 2. The molecular weight excluding hydrogens is 144 g/mol. The lowest BCUT2D eigenvalue weighted by Crippen LogP contribution is -2.02. The van der Waals surface area contributed by atoms with Gasteiger partial charge in [-0.15, -0.1) is 0 Å². The average Bonchev–Trinajstić information content (AvgIpc) is 2.28. The Bertz CT molecular complexity index is 287. The molecule has 1 atom stereocenters. The van der Waals surface area contributed by atoms with Gasteiger partial charge in [0.25, 0.3) is 0 Å². The fraction of sp³-hybridized carbons (Fsp3) is 0.571. The summed E-state index contributed by atoms with van der Waals surface area (Å²) in [5, 5.41) is 9.15. The molecule has 0 aliphatic rings. The van der Waals surface area contributed by atoms with Gasteiger partial charge in [-0.3, -0.25) is 4.98 Å². The monoisotopic (exact) mass is 156 g/mol. The van der Waals surface area contributed by atoms with Gasteiger partial charge >= 0.3 is 5.69 Å². The van der Waals surface area contributed by atoms with Crippen LogP contribution in [0.5, 0.6) is 5.88 Å². The molecule has 1 aromatic rings. The standard InChI is InChI=1S/C7H12N2O2/c1-3-4(2)5-6(10)9-7(11)8-5/h4,10H,3H2,1-2H3,(H2,8,9,11)/t4-/m0/s1. The number of aromatic amines is 2. The summed E-state index contributed by atoms with van der Waals surface area (Å²) < 4.78 is 0. The lowest BCUT2D eigenvalue weighted by Gasteiger charge is -2.03. The maximum absolute atomic E-state index is 10.7. The SMILES string of the molecule is CC[C@H](C)c1[nH]c(=O)[nH]c1O. The molecular formula is C7H12N2O2. The third-order valence-electron chi connectivity index (χ3n) is 1.84. The first-order chi connectivity index (χ1) is 5.15. The van der Waals surface area contributed by atoms with E-state index in [1.807, 2.05) is 13.8 Å². The molecule has 0 aliphatic heterocycles. The molecule has 0 aliphatic carbocycles. The fourth-order valence-corrected chi connectivity index (χ4v) is 0.948. The first kappa shape index (κ1) is 7.91. The fourth-order valence-electron chi connectivity index (χ4n) is 0.948. The van der Waals surface area contributed by atoms with Crippen LogP contribution in [0.3, 0.4) is 0 Å². The number of aromatic hydroxyl groups is 1. The van der Waals surface area contributed by atoms with Crippen LogP contribution in [0.25, 0.3) is 0 Å². The zero-order valence-corrected chi connectivity index (χ0v) is 6.64. The zero-order valence-electron chi connectivity index (χ0n) is 6.64. The second-order valence-electron chi connectivity index (χ2n) is 2.65. The van der Waals surface area contributed by atoms with Gasteiger partial charge in [0.15, 0.2) is 0 Å². The topological polar surface area (TPSA) is 68.9 Å². The molecule has 11 heavy (non-hydrogen) atoms. The van der Waals surface area contributed by atoms with Gasteiger partial charge in [-0.25, -0.2) is 4.79 Å². The average molecular weight is 156 g/mol. The summed E-state index contributed by atoms with van der Waals surface area (Å²) in [6.07, 6.45) is 0.890. The van der Waals surface area contributed by atoms with Crippen LogP contribution in [-0.4, -0.2) is 15.1 Å². The second kappa shape index (κ2) is 2.82. The van der Waals surface area contributed by atoms with Gasteiger partial charge in [0.2, 0.25) is 5.88 Å². The Morgan fingerprint density at radius 2 is 2.18 bits per heavy atom. The van der Waals surface area contributed by atoms with Crippen molar-refractivity contribution in [2.45, 2.75) is 26.2 Å². The van der Waals surface area contributed by atoms with Crippen LogP contribution in [0.4, 0.5) is 0 Å². The van der Waals surface area contributed by atoms with Gasteiger partial charge in [-0.05, 0) is 6.42 Å². The van der Waals surface area contributed by atoms with E-state index in [1.165, 1.54) is 0 Å². The molecule has 3 N–H and O–H groups in total. The van der Waals surface area contributed by atoms with Crippen molar-refractivity contribution in [3.8, 4) is 5.88 Å². The summed E-state index contributed by atoms with van der Waals surface area (Å²) in [5.74, 6) is 0.151. The van der Waals surface area contributed by atoms with E-state index >= 15 is 0 Å². The summed E-state index contributed by atoms with van der Waals surface area (Å²) in [6, 6.07) is 0. The van der Waals surface area contributed by atoms with E-state index in [2.05, 4.69) is 9.97 Å². The highest BCUT2D eigenvalue weighted by Gasteiger charge is 2.10. The third kappa shape index (κ3) is 1.45. The minimum absolute atomic E-state index is 0.0376. The molecule has 0 aromatic carbocycles. The van der Waals surface area contributed by atoms with E-state index < -0.39 is 0 Å². The van der Waals surface area contributed by atoms with Crippen LogP contribution in [0.2, 0.25) is 0 Å². The number of hydrogen-bond donors (Lipinski definition) is 3. The van der Waals surface area contributed by atoms with Crippen LogP contribution < -0.4 is 5.69 Å². The molecule has 4 heteroatoms. The molecule has 0 bridgehead atoms. The summed E-state index contributed by atoms with van der Waals surface area (Å²) in [7, 11) is 0. The van der Waals surface area contributed by atoms with E-state index in [9.17, 15) is 4.79 Å².